The standard InChI is InChI=1S/C23H22FN5O4/c1-25-22(30)19-8-16(33-27-19)10-29(23(31)32)21-17-11-28(12-18(17)21)20-7-4-14(9-26-20)13-2-5-15(24)6-3-13/h2-9,17-18,21H,10-12H2,1H3,(H,25,30)(H,31,32). The number of anilines is 1. The summed E-state index contributed by atoms with van der Waals surface area (Å²) in [7, 11) is 1.49. The molecule has 1 aromatic carbocycles. The van der Waals surface area contributed by atoms with Gasteiger partial charge in [0.25, 0.3) is 5.91 Å². The van der Waals surface area contributed by atoms with Gasteiger partial charge in [0.05, 0.1) is 6.54 Å². The highest BCUT2D eigenvalue weighted by atomic mass is 19.1. The summed E-state index contributed by atoms with van der Waals surface area (Å²) < 4.78 is 18.3. The minimum absolute atomic E-state index is 0.0433. The summed E-state index contributed by atoms with van der Waals surface area (Å²) in [4.78, 5) is 31.6. The average molecular weight is 451 g/mol. The molecular weight excluding hydrogens is 429 g/mol. The van der Waals surface area contributed by atoms with Crippen LogP contribution in [0.15, 0.2) is 53.2 Å². The molecule has 5 rings (SSSR count). The maximum Gasteiger partial charge on any atom is 0.407 e. The number of nitrogens with zero attached hydrogens (tertiary/aromatic N) is 4. The summed E-state index contributed by atoms with van der Waals surface area (Å²) >= 11 is 0. The first kappa shape index (κ1) is 20.9. The normalized spacial score (nSPS) is 20.9. The molecule has 2 unspecified atom stereocenters. The molecule has 3 aromatic rings. The van der Waals surface area contributed by atoms with Gasteiger partial charge in [0, 0.05) is 55.8 Å². The highest BCUT2D eigenvalue weighted by molar-refractivity contribution is 5.91. The lowest BCUT2D eigenvalue weighted by Crippen LogP contribution is -2.37. The summed E-state index contributed by atoms with van der Waals surface area (Å²) in [6, 6.07) is 11.5. The van der Waals surface area contributed by atoms with Gasteiger partial charge in [-0.05, 0) is 29.8 Å². The zero-order valence-electron chi connectivity index (χ0n) is 17.8. The van der Waals surface area contributed by atoms with E-state index < -0.39 is 6.09 Å². The molecule has 0 spiro atoms. The van der Waals surface area contributed by atoms with Crippen molar-refractivity contribution >= 4 is 17.8 Å². The van der Waals surface area contributed by atoms with E-state index in [-0.39, 0.29) is 41.8 Å². The molecule has 1 saturated heterocycles. The van der Waals surface area contributed by atoms with Crippen molar-refractivity contribution in [1.82, 2.24) is 20.4 Å². The first-order valence-corrected chi connectivity index (χ1v) is 10.6. The third-order valence-corrected chi connectivity index (χ3v) is 6.35. The number of hydrogen-bond donors (Lipinski definition) is 2. The van der Waals surface area contributed by atoms with Crippen LogP contribution in [-0.2, 0) is 6.54 Å². The molecular formula is C23H22FN5O4. The molecule has 170 valence electrons. The van der Waals surface area contributed by atoms with E-state index in [1.807, 2.05) is 12.1 Å². The van der Waals surface area contributed by atoms with E-state index in [4.69, 9.17) is 4.52 Å². The molecule has 9 nitrogen and oxygen atoms in total. The Labute approximate surface area is 188 Å². The molecule has 3 heterocycles. The molecule has 0 radical (unpaired) electrons. The predicted octanol–water partition coefficient (Wildman–Crippen LogP) is 2.85. The van der Waals surface area contributed by atoms with Crippen molar-refractivity contribution < 1.29 is 23.6 Å². The fourth-order valence-corrected chi connectivity index (χ4v) is 4.62. The number of carbonyl (C=O) groups is 2. The Balaban J connectivity index is 1.22. The molecule has 2 amide bonds. The number of carbonyl (C=O) groups excluding carboxylic acids is 1. The number of fused-ring (bicyclic) bond motifs is 1. The minimum atomic E-state index is -1.03. The Kier molecular flexibility index (Phi) is 5.20. The molecule has 1 aliphatic carbocycles. The molecule has 1 aliphatic heterocycles. The van der Waals surface area contributed by atoms with Gasteiger partial charge in [-0.3, -0.25) is 9.69 Å². The van der Waals surface area contributed by atoms with Crippen LogP contribution in [0.1, 0.15) is 16.2 Å². The highest BCUT2D eigenvalue weighted by Gasteiger charge is 2.60. The Morgan fingerprint density at radius 2 is 1.88 bits per heavy atom. The number of piperidine rings is 1. The molecule has 33 heavy (non-hydrogen) atoms. The number of hydrogen-bond acceptors (Lipinski definition) is 6. The van der Waals surface area contributed by atoms with E-state index >= 15 is 0 Å². The summed E-state index contributed by atoms with van der Waals surface area (Å²) in [5, 5.41) is 15.9. The van der Waals surface area contributed by atoms with Gasteiger partial charge >= 0.3 is 6.09 Å². The smallest absolute Gasteiger partial charge is 0.407 e. The van der Waals surface area contributed by atoms with Crippen molar-refractivity contribution in [2.45, 2.75) is 12.6 Å². The van der Waals surface area contributed by atoms with Gasteiger partial charge in [-0.25, -0.2) is 14.2 Å². The van der Waals surface area contributed by atoms with Crippen molar-refractivity contribution in [2.75, 3.05) is 25.0 Å². The lowest BCUT2D eigenvalue weighted by Gasteiger charge is -2.25. The minimum Gasteiger partial charge on any atom is -0.465 e. The summed E-state index contributed by atoms with van der Waals surface area (Å²) in [6.07, 6.45) is 0.738. The first-order valence-electron chi connectivity index (χ1n) is 10.6. The van der Waals surface area contributed by atoms with Gasteiger partial charge in [-0.15, -0.1) is 0 Å². The fraction of sp³-hybridized carbons (Fsp3) is 0.304. The van der Waals surface area contributed by atoms with Gasteiger partial charge in [0.2, 0.25) is 0 Å². The van der Waals surface area contributed by atoms with Crippen LogP contribution in [0.5, 0.6) is 0 Å². The van der Waals surface area contributed by atoms with Crippen molar-refractivity contribution in [3.05, 3.63) is 65.9 Å². The molecule has 1 saturated carbocycles. The van der Waals surface area contributed by atoms with Gasteiger partial charge in [0.1, 0.15) is 11.6 Å². The van der Waals surface area contributed by atoms with Crippen LogP contribution in [0.2, 0.25) is 0 Å². The average Bonchev–Trinajstić information content (AvgIpc) is 3.17. The quantitative estimate of drug-likeness (QED) is 0.593. The number of aromatic nitrogens is 2. The van der Waals surface area contributed by atoms with Gasteiger partial charge in [0.15, 0.2) is 11.5 Å². The second kappa shape index (κ2) is 8.19. The Bertz CT molecular complexity index is 1170. The SMILES string of the molecule is CNC(=O)c1cc(CN(C(=O)O)C2C3CN(c4ccc(-c5ccc(F)cc5)cn4)CC32)on1. The number of pyridine rings is 1. The molecule has 2 aliphatic rings. The van der Waals surface area contributed by atoms with Gasteiger partial charge < -0.3 is 19.8 Å². The molecule has 2 fully saturated rings. The van der Waals surface area contributed by atoms with Gasteiger partial charge in [-0.1, -0.05) is 17.3 Å². The topological polar surface area (TPSA) is 112 Å². The van der Waals surface area contributed by atoms with Crippen LogP contribution in [-0.4, -0.2) is 58.3 Å². The number of amides is 2. The molecule has 0 bridgehead atoms. The Hall–Kier alpha value is -3.95. The van der Waals surface area contributed by atoms with Crippen LogP contribution in [0.25, 0.3) is 11.1 Å². The maximum atomic E-state index is 13.1. The van der Waals surface area contributed by atoms with Crippen molar-refractivity contribution in [3.63, 3.8) is 0 Å². The maximum absolute atomic E-state index is 13.1. The molecule has 10 heteroatoms. The Morgan fingerprint density at radius 1 is 1.18 bits per heavy atom. The summed E-state index contributed by atoms with van der Waals surface area (Å²) in [6.45, 7) is 1.46. The number of halogens is 1. The van der Waals surface area contributed by atoms with Gasteiger partial charge in [-0.2, -0.15) is 0 Å². The van der Waals surface area contributed by atoms with E-state index in [2.05, 4.69) is 20.4 Å². The monoisotopic (exact) mass is 451 g/mol. The van der Waals surface area contributed by atoms with E-state index in [9.17, 15) is 19.1 Å². The summed E-state index contributed by atoms with van der Waals surface area (Å²) in [5.41, 5.74) is 1.92. The van der Waals surface area contributed by atoms with Crippen LogP contribution < -0.4 is 10.2 Å². The molecule has 2 N–H and O–H groups in total. The Morgan fingerprint density at radius 3 is 2.48 bits per heavy atom. The van der Waals surface area contributed by atoms with E-state index in [1.54, 1.807) is 18.3 Å². The van der Waals surface area contributed by atoms with E-state index in [1.165, 1.54) is 30.1 Å². The number of rotatable bonds is 6. The van der Waals surface area contributed by atoms with Crippen molar-refractivity contribution in [1.29, 1.82) is 0 Å². The van der Waals surface area contributed by atoms with Crippen molar-refractivity contribution in [3.8, 4) is 11.1 Å². The van der Waals surface area contributed by atoms with Crippen LogP contribution in [0.3, 0.4) is 0 Å². The van der Waals surface area contributed by atoms with Crippen LogP contribution >= 0.6 is 0 Å². The number of carboxylic acid groups (broad SMARTS) is 1. The molecule has 2 atom stereocenters. The van der Waals surface area contributed by atoms with Crippen LogP contribution in [0, 0.1) is 17.7 Å². The van der Waals surface area contributed by atoms with Crippen molar-refractivity contribution in [2.24, 2.45) is 11.8 Å². The van der Waals surface area contributed by atoms with E-state index in [0.29, 0.717) is 18.8 Å². The lowest BCUT2D eigenvalue weighted by atomic mass is 10.1. The molecule has 2 aromatic heterocycles. The number of benzene rings is 1. The largest absolute Gasteiger partial charge is 0.465 e. The predicted molar refractivity (Wildman–Crippen MR) is 116 cm³/mol. The summed E-state index contributed by atoms with van der Waals surface area (Å²) in [5.74, 6) is 0.917. The second-order valence-electron chi connectivity index (χ2n) is 8.30. The van der Waals surface area contributed by atoms with E-state index in [0.717, 1.165) is 16.9 Å². The third kappa shape index (κ3) is 3.99. The van der Waals surface area contributed by atoms with Crippen LogP contribution in [0.4, 0.5) is 15.0 Å². The first-order chi connectivity index (χ1) is 15.9. The third-order valence-electron chi connectivity index (χ3n) is 6.35. The number of nitrogens with one attached hydrogen (secondary N) is 1. The fourth-order valence-electron chi connectivity index (χ4n) is 4.62. The zero-order valence-corrected chi connectivity index (χ0v) is 17.8. The second-order valence-corrected chi connectivity index (χ2v) is 8.30. The lowest BCUT2D eigenvalue weighted by molar-refractivity contribution is 0.0953. The zero-order chi connectivity index (χ0) is 23.1. The highest BCUT2D eigenvalue weighted by Crippen LogP contribution is 2.50.